The van der Waals surface area contributed by atoms with Crippen LogP contribution in [0.4, 0.5) is 11.5 Å². The van der Waals surface area contributed by atoms with E-state index in [1.54, 1.807) is 18.6 Å². The fourth-order valence-electron chi connectivity index (χ4n) is 2.29. The lowest BCUT2D eigenvalue weighted by atomic mass is 9.98. The van der Waals surface area contributed by atoms with E-state index in [9.17, 15) is 0 Å². The van der Waals surface area contributed by atoms with Gasteiger partial charge in [-0.05, 0) is 23.6 Å². The highest BCUT2D eigenvalue weighted by Crippen LogP contribution is 2.26. The van der Waals surface area contributed by atoms with Gasteiger partial charge in [0.2, 0.25) is 0 Å². The molecule has 4 nitrogen and oxygen atoms in total. The summed E-state index contributed by atoms with van der Waals surface area (Å²) in [5.74, 6) is 0.931. The van der Waals surface area contributed by atoms with Crippen molar-refractivity contribution in [3.8, 4) is 0 Å². The molecule has 0 atom stereocenters. The minimum atomic E-state index is 0.860. The second kappa shape index (κ2) is 4.05. The van der Waals surface area contributed by atoms with Crippen LogP contribution in [0.5, 0.6) is 0 Å². The van der Waals surface area contributed by atoms with Gasteiger partial charge in [-0.2, -0.15) is 0 Å². The average molecular weight is 226 g/mol. The molecule has 2 heterocycles. The molecule has 0 saturated carbocycles. The Morgan fingerprint density at radius 2 is 2.18 bits per heavy atom. The number of nitrogens with two attached hydrogens (primary N) is 1. The maximum atomic E-state index is 5.98. The summed E-state index contributed by atoms with van der Waals surface area (Å²) in [6.45, 7) is 1.80. The molecule has 0 spiro atoms. The van der Waals surface area contributed by atoms with Crippen LogP contribution in [0.2, 0.25) is 0 Å². The van der Waals surface area contributed by atoms with Gasteiger partial charge < -0.3 is 10.6 Å². The van der Waals surface area contributed by atoms with Crippen molar-refractivity contribution in [1.82, 2.24) is 9.97 Å². The number of fused-ring (bicyclic) bond motifs is 1. The Morgan fingerprint density at radius 3 is 3.00 bits per heavy atom. The van der Waals surface area contributed by atoms with Gasteiger partial charge in [0.05, 0.1) is 6.20 Å². The fourth-order valence-corrected chi connectivity index (χ4v) is 2.29. The maximum absolute atomic E-state index is 5.98. The number of nitrogen functional groups attached to an aromatic ring is 1. The zero-order valence-corrected chi connectivity index (χ0v) is 9.50. The third-order valence-electron chi connectivity index (χ3n) is 3.18. The molecule has 0 radical (unpaired) electrons. The Balaban J connectivity index is 1.91. The molecular weight excluding hydrogens is 212 g/mol. The first-order valence-electron chi connectivity index (χ1n) is 5.72. The molecule has 1 aromatic carbocycles. The van der Waals surface area contributed by atoms with Gasteiger partial charge >= 0.3 is 0 Å². The minimum absolute atomic E-state index is 0.860. The summed E-state index contributed by atoms with van der Waals surface area (Å²) in [5, 5.41) is 0. The molecule has 2 aromatic rings. The molecule has 2 N–H and O–H groups in total. The van der Waals surface area contributed by atoms with E-state index in [-0.39, 0.29) is 0 Å². The average Bonchev–Trinajstić information content (AvgIpc) is 2.40. The summed E-state index contributed by atoms with van der Waals surface area (Å²) in [6.07, 6.45) is 6.19. The van der Waals surface area contributed by atoms with Crippen molar-refractivity contribution in [3.05, 3.63) is 47.9 Å². The van der Waals surface area contributed by atoms with Crippen molar-refractivity contribution in [2.24, 2.45) is 0 Å². The predicted octanol–water partition coefficient (Wildman–Crippen LogP) is 1.62. The van der Waals surface area contributed by atoms with E-state index in [0.717, 1.165) is 31.0 Å². The Labute approximate surface area is 100 Å². The largest absolute Gasteiger partial charge is 0.398 e. The molecule has 0 aliphatic carbocycles. The van der Waals surface area contributed by atoms with E-state index in [4.69, 9.17) is 5.73 Å². The molecule has 0 fully saturated rings. The Hall–Kier alpha value is -2.10. The smallest absolute Gasteiger partial charge is 0.147 e. The first-order chi connectivity index (χ1) is 8.34. The monoisotopic (exact) mass is 226 g/mol. The lowest BCUT2D eigenvalue weighted by Crippen LogP contribution is -2.31. The van der Waals surface area contributed by atoms with Gasteiger partial charge in [0.1, 0.15) is 5.82 Å². The van der Waals surface area contributed by atoms with Crippen molar-refractivity contribution in [3.63, 3.8) is 0 Å². The third kappa shape index (κ3) is 1.82. The number of aromatic nitrogens is 2. The van der Waals surface area contributed by atoms with Crippen LogP contribution < -0.4 is 10.6 Å². The normalized spacial score (nSPS) is 14.5. The van der Waals surface area contributed by atoms with E-state index < -0.39 is 0 Å². The third-order valence-corrected chi connectivity index (χ3v) is 3.18. The van der Waals surface area contributed by atoms with E-state index >= 15 is 0 Å². The number of rotatable bonds is 1. The lowest BCUT2D eigenvalue weighted by molar-refractivity contribution is 0.720. The molecule has 86 valence electrons. The first-order valence-corrected chi connectivity index (χ1v) is 5.72. The predicted molar refractivity (Wildman–Crippen MR) is 67.6 cm³/mol. The molecule has 3 rings (SSSR count). The van der Waals surface area contributed by atoms with Gasteiger partial charge in [-0.25, -0.2) is 4.98 Å². The molecule has 1 aliphatic heterocycles. The Morgan fingerprint density at radius 1 is 1.24 bits per heavy atom. The molecule has 17 heavy (non-hydrogen) atoms. The van der Waals surface area contributed by atoms with Gasteiger partial charge in [-0.15, -0.1) is 0 Å². The van der Waals surface area contributed by atoms with Crippen LogP contribution in [-0.4, -0.2) is 16.5 Å². The van der Waals surface area contributed by atoms with Crippen LogP contribution in [0.15, 0.2) is 36.8 Å². The number of hydrogen-bond acceptors (Lipinski definition) is 4. The van der Waals surface area contributed by atoms with Crippen LogP contribution in [0.3, 0.4) is 0 Å². The molecule has 0 amide bonds. The highest BCUT2D eigenvalue weighted by atomic mass is 15.2. The summed E-state index contributed by atoms with van der Waals surface area (Å²) in [4.78, 5) is 10.7. The zero-order chi connectivity index (χ0) is 11.7. The van der Waals surface area contributed by atoms with Gasteiger partial charge in [-0.1, -0.05) is 12.1 Å². The zero-order valence-electron chi connectivity index (χ0n) is 9.50. The van der Waals surface area contributed by atoms with E-state index in [1.165, 1.54) is 11.1 Å². The van der Waals surface area contributed by atoms with Crippen LogP contribution in [0.25, 0.3) is 0 Å². The SMILES string of the molecule is Nc1cccc2c1CCN(c1cnccn1)C2. The molecule has 0 unspecified atom stereocenters. The van der Waals surface area contributed by atoms with Crippen molar-refractivity contribution in [1.29, 1.82) is 0 Å². The number of nitrogens with zero attached hydrogens (tertiary/aromatic N) is 3. The topological polar surface area (TPSA) is 55.0 Å². The van der Waals surface area contributed by atoms with Crippen LogP contribution in [0.1, 0.15) is 11.1 Å². The van der Waals surface area contributed by atoms with Gasteiger partial charge in [0.25, 0.3) is 0 Å². The minimum Gasteiger partial charge on any atom is -0.398 e. The number of anilines is 2. The van der Waals surface area contributed by atoms with Crippen molar-refractivity contribution >= 4 is 11.5 Å². The number of hydrogen-bond donors (Lipinski definition) is 1. The van der Waals surface area contributed by atoms with E-state index in [2.05, 4.69) is 20.9 Å². The van der Waals surface area contributed by atoms with Crippen LogP contribution >= 0.6 is 0 Å². The highest BCUT2D eigenvalue weighted by molar-refractivity contribution is 5.54. The van der Waals surface area contributed by atoms with Crippen molar-refractivity contribution in [2.75, 3.05) is 17.2 Å². The van der Waals surface area contributed by atoms with Crippen LogP contribution in [-0.2, 0) is 13.0 Å². The van der Waals surface area contributed by atoms with Gasteiger partial charge in [0, 0.05) is 31.2 Å². The molecule has 1 aliphatic rings. The fraction of sp³-hybridized carbons (Fsp3) is 0.231. The molecule has 4 heteroatoms. The molecular formula is C13H14N4. The van der Waals surface area contributed by atoms with Crippen LogP contribution in [0, 0.1) is 0 Å². The lowest BCUT2D eigenvalue weighted by Gasteiger charge is -2.30. The first kappa shape index (κ1) is 10.1. The van der Waals surface area contributed by atoms with Gasteiger partial charge in [-0.3, -0.25) is 4.98 Å². The van der Waals surface area contributed by atoms with E-state index in [1.807, 2.05) is 12.1 Å². The highest BCUT2D eigenvalue weighted by Gasteiger charge is 2.18. The second-order valence-electron chi connectivity index (χ2n) is 4.22. The van der Waals surface area contributed by atoms with Crippen molar-refractivity contribution in [2.45, 2.75) is 13.0 Å². The summed E-state index contributed by atoms with van der Waals surface area (Å²) in [7, 11) is 0. The summed E-state index contributed by atoms with van der Waals surface area (Å²) in [6, 6.07) is 6.11. The summed E-state index contributed by atoms with van der Waals surface area (Å²) in [5.41, 5.74) is 9.46. The Bertz CT molecular complexity index is 524. The maximum Gasteiger partial charge on any atom is 0.147 e. The molecule has 0 bridgehead atoms. The molecule has 0 saturated heterocycles. The molecule has 1 aromatic heterocycles. The van der Waals surface area contributed by atoms with Crippen molar-refractivity contribution < 1.29 is 0 Å². The quantitative estimate of drug-likeness (QED) is 0.751. The second-order valence-corrected chi connectivity index (χ2v) is 4.22. The van der Waals surface area contributed by atoms with Gasteiger partial charge in [0.15, 0.2) is 0 Å². The number of benzene rings is 1. The summed E-state index contributed by atoms with van der Waals surface area (Å²) < 4.78 is 0. The Kier molecular flexibility index (Phi) is 2.40. The van der Waals surface area contributed by atoms with E-state index in [0.29, 0.717) is 0 Å². The standard InChI is InChI=1S/C13H14N4/c14-12-3-1-2-10-9-17(7-4-11(10)12)13-8-15-5-6-16-13/h1-3,5-6,8H,4,7,9,14H2. The summed E-state index contributed by atoms with van der Waals surface area (Å²) >= 11 is 0.